The fraction of sp³-hybridized carbons (Fsp3) is 0.429. The van der Waals surface area contributed by atoms with E-state index in [2.05, 4.69) is 16.4 Å². The third kappa shape index (κ3) is 4.58. The van der Waals surface area contributed by atoms with Crippen LogP contribution in [0.4, 0.5) is 5.82 Å². The molecular formula is C14H17N5O. The summed E-state index contributed by atoms with van der Waals surface area (Å²) in [5, 5.41) is 20.3. The van der Waals surface area contributed by atoms with E-state index >= 15 is 0 Å². The summed E-state index contributed by atoms with van der Waals surface area (Å²) in [7, 11) is 1.73. The number of hydrogen-bond donors (Lipinski definition) is 1. The van der Waals surface area contributed by atoms with Crippen LogP contribution < -0.4 is 10.2 Å². The molecular weight excluding hydrogens is 254 g/mol. The number of carbonyl (C=O) groups is 1. The summed E-state index contributed by atoms with van der Waals surface area (Å²) in [6.07, 6.45) is 2.94. The molecule has 1 aromatic heterocycles. The number of aromatic nitrogens is 1. The molecule has 0 saturated carbocycles. The first-order chi connectivity index (χ1) is 9.60. The minimum Gasteiger partial charge on any atom is -0.350 e. The molecule has 0 aliphatic rings. The first-order valence-corrected chi connectivity index (χ1v) is 6.37. The van der Waals surface area contributed by atoms with Gasteiger partial charge in [-0.3, -0.25) is 4.79 Å². The van der Waals surface area contributed by atoms with Crippen LogP contribution in [0.1, 0.15) is 25.3 Å². The molecule has 0 bridgehead atoms. The molecule has 0 radical (unpaired) electrons. The molecule has 1 amide bonds. The van der Waals surface area contributed by atoms with Crippen molar-refractivity contribution >= 4 is 11.7 Å². The first kappa shape index (κ1) is 15.5. The molecule has 0 spiro atoms. The van der Waals surface area contributed by atoms with Crippen molar-refractivity contribution in [3.05, 3.63) is 23.9 Å². The molecule has 0 unspecified atom stereocenters. The molecule has 0 aliphatic carbocycles. The van der Waals surface area contributed by atoms with Gasteiger partial charge < -0.3 is 10.2 Å². The summed E-state index contributed by atoms with van der Waals surface area (Å²) in [5.41, 5.74) is 0.471. The van der Waals surface area contributed by atoms with Crippen molar-refractivity contribution in [1.29, 1.82) is 10.5 Å². The average molecular weight is 271 g/mol. The molecule has 0 fully saturated rings. The topological polar surface area (TPSA) is 92.8 Å². The van der Waals surface area contributed by atoms with Gasteiger partial charge in [-0.2, -0.15) is 10.5 Å². The van der Waals surface area contributed by atoms with Crippen LogP contribution in [-0.2, 0) is 4.79 Å². The summed E-state index contributed by atoms with van der Waals surface area (Å²) >= 11 is 0. The van der Waals surface area contributed by atoms with Crippen molar-refractivity contribution in [2.75, 3.05) is 18.5 Å². The number of likely N-dealkylation sites (N-methyl/N-ethyl adjacent to an activating group) is 1. The van der Waals surface area contributed by atoms with Gasteiger partial charge in [-0.1, -0.05) is 13.3 Å². The maximum absolute atomic E-state index is 11.8. The summed E-state index contributed by atoms with van der Waals surface area (Å²) in [5.74, 6) is 0.377. The summed E-state index contributed by atoms with van der Waals surface area (Å²) < 4.78 is 0. The van der Waals surface area contributed by atoms with Gasteiger partial charge in [0.2, 0.25) is 5.91 Å². The Labute approximate surface area is 118 Å². The number of nitriles is 2. The van der Waals surface area contributed by atoms with Gasteiger partial charge in [0.05, 0.1) is 18.2 Å². The lowest BCUT2D eigenvalue weighted by molar-refractivity contribution is -0.120. The second kappa shape index (κ2) is 7.75. The zero-order chi connectivity index (χ0) is 15.0. The Bertz CT molecular complexity index is 526. The Balaban J connectivity index is 2.56. The summed E-state index contributed by atoms with van der Waals surface area (Å²) in [4.78, 5) is 17.6. The lowest BCUT2D eigenvalue weighted by atomic mass is 10.2. The number of rotatable bonds is 6. The molecule has 104 valence electrons. The van der Waals surface area contributed by atoms with Gasteiger partial charge in [-0.05, 0) is 18.6 Å². The number of hydrogen-bond acceptors (Lipinski definition) is 5. The fourth-order valence-corrected chi connectivity index (χ4v) is 1.67. The normalized spacial score (nSPS) is 11.0. The number of nitrogens with zero attached hydrogens (tertiary/aromatic N) is 4. The van der Waals surface area contributed by atoms with Gasteiger partial charge in [0.15, 0.2) is 0 Å². The van der Waals surface area contributed by atoms with Crippen molar-refractivity contribution in [1.82, 2.24) is 10.3 Å². The number of anilines is 1. The first-order valence-electron chi connectivity index (χ1n) is 6.37. The SMILES string of the molecule is CCC[C@@H](C#N)NC(=O)CN(C)c1ccc(C#N)cn1. The lowest BCUT2D eigenvalue weighted by Crippen LogP contribution is -2.40. The van der Waals surface area contributed by atoms with E-state index in [1.165, 1.54) is 6.20 Å². The number of nitrogens with one attached hydrogen (secondary N) is 1. The van der Waals surface area contributed by atoms with Crippen molar-refractivity contribution in [3.63, 3.8) is 0 Å². The molecule has 1 atom stereocenters. The third-order valence-electron chi connectivity index (χ3n) is 2.72. The van der Waals surface area contributed by atoms with E-state index in [1.807, 2.05) is 13.0 Å². The van der Waals surface area contributed by atoms with Crippen molar-refractivity contribution < 1.29 is 4.79 Å². The third-order valence-corrected chi connectivity index (χ3v) is 2.72. The van der Waals surface area contributed by atoms with E-state index < -0.39 is 6.04 Å². The maximum Gasteiger partial charge on any atom is 0.240 e. The van der Waals surface area contributed by atoms with Crippen LogP contribution >= 0.6 is 0 Å². The van der Waals surface area contributed by atoms with E-state index in [0.29, 0.717) is 17.8 Å². The quantitative estimate of drug-likeness (QED) is 0.839. The van der Waals surface area contributed by atoms with Crippen LogP contribution in [0.2, 0.25) is 0 Å². The van der Waals surface area contributed by atoms with Crippen LogP contribution in [0.5, 0.6) is 0 Å². The molecule has 0 aromatic carbocycles. The van der Waals surface area contributed by atoms with Crippen LogP contribution in [0.3, 0.4) is 0 Å². The number of pyridine rings is 1. The average Bonchev–Trinajstić information content (AvgIpc) is 2.46. The predicted molar refractivity (Wildman–Crippen MR) is 74.7 cm³/mol. The van der Waals surface area contributed by atoms with Crippen molar-refractivity contribution in [3.8, 4) is 12.1 Å². The summed E-state index contributed by atoms with van der Waals surface area (Å²) in [6.45, 7) is 2.07. The number of amides is 1. The van der Waals surface area contributed by atoms with E-state index in [0.717, 1.165) is 6.42 Å². The Kier molecular flexibility index (Phi) is 5.99. The van der Waals surface area contributed by atoms with Gasteiger partial charge in [-0.15, -0.1) is 0 Å². The second-order valence-corrected chi connectivity index (χ2v) is 4.41. The van der Waals surface area contributed by atoms with Gasteiger partial charge in [0.1, 0.15) is 17.9 Å². The van der Waals surface area contributed by atoms with Crippen LogP contribution in [0, 0.1) is 22.7 Å². The highest BCUT2D eigenvalue weighted by molar-refractivity contribution is 5.81. The summed E-state index contributed by atoms with van der Waals surface area (Å²) in [6, 6.07) is 6.92. The molecule has 1 aromatic rings. The zero-order valence-electron chi connectivity index (χ0n) is 11.6. The van der Waals surface area contributed by atoms with E-state index in [9.17, 15) is 4.79 Å². The van der Waals surface area contributed by atoms with Gasteiger partial charge >= 0.3 is 0 Å². The number of carbonyl (C=O) groups excluding carboxylic acids is 1. The van der Waals surface area contributed by atoms with Crippen LogP contribution in [0.15, 0.2) is 18.3 Å². The zero-order valence-corrected chi connectivity index (χ0v) is 11.6. The largest absolute Gasteiger partial charge is 0.350 e. The highest BCUT2D eigenvalue weighted by Crippen LogP contribution is 2.08. The highest BCUT2D eigenvalue weighted by atomic mass is 16.2. The fourth-order valence-electron chi connectivity index (χ4n) is 1.67. The van der Waals surface area contributed by atoms with Crippen LogP contribution in [0.25, 0.3) is 0 Å². The molecule has 6 heteroatoms. The smallest absolute Gasteiger partial charge is 0.240 e. The van der Waals surface area contributed by atoms with Crippen LogP contribution in [-0.4, -0.2) is 30.5 Å². The standard InChI is InChI=1S/C14H17N5O/c1-3-4-12(8-16)18-14(20)10-19(2)13-6-5-11(7-15)9-17-13/h5-6,9,12H,3-4,10H2,1-2H3,(H,18,20)/t12-/m0/s1. The molecule has 20 heavy (non-hydrogen) atoms. The van der Waals surface area contributed by atoms with Gasteiger partial charge in [0.25, 0.3) is 0 Å². The Morgan fingerprint density at radius 2 is 2.25 bits per heavy atom. The molecule has 0 saturated heterocycles. The molecule has 1 heterocycles. The Hall–Kier alpha value is -2.60. The maximum atomic E-state index is 11.8. The monoisotopic (exact) mass is 271 g/mol. The van der Waals surface area contributed by atoms with E-state index in [4.69, 9.17) is 10.5 Å². The Morgan fingerprint density at radius 1 is 1.50 bits per heavy atom. The minimum absolute atomic E-state index is 0.112. The van der Waals surface area contributed by atoms with Crippen molar-refractivity contribution in [2.24, 2.45) is 0 Å². The molecule has 0 aliphatic heterocycles. The van der Waals surface area contributed by atoms with Gasteiger partial charge in [-0.25, -0.2) is 4.98 Å². The highest BCUT2D eigenvalue weighted by Gasteiger charge is 2.13. The van der Waals surface area contributed by atoms with E-state index in [-0.39, 0.29) is 12.5 Å². The molecule has 6 nitrogen and oxygen atoms in total. The lowest BCUT2D eigenvalue weighted by Gasteiger charge is -2.18. The predicted octanol–water partition coefficient (Wildman–Crippen LogP) is 1.20. The Morgan fingerprint density at radius 3 is 2.75 bits per heavy atom. The van der Waals surface area contributed by atoms with Gasteiger partial charge in [0, 0.05) is 13.2 Å². The van der Waals surface area contributed by atoms with E-state index in [1.54, 1.807) is 24.1 Å². The molecule has 1 N–H and O–H groups in total. The second-order valence-electron chi connectivity index (χ2n) is 4.41. The van der Waals surface area contributed by atoms with Crippen molar-refractivity contribution in [2.45, 2.75) is 25.8 Å². The molecule has 1 rings (SSSR count). The minimum atomic E-state index is -0.449.